The van der Waals surface area contributed by atoms with Gasteiger partial charge < -0.3 is 15.5 Å². The summed E-state index contributed by atoms with van der Waals surface area (Å²) < 4.78 is 27.7. The van der Waals surface area contributed by atoms with Crippen LogP contribution in [0.3, 0.4) is 0 Å². The Labute approximate surface area is 231 Å². The minimum atomic E-state index is -4.00. The molecule has 2 aromatic rings. The van der Waals surface area contributed by atoms with Crippen LogP contribution in [0.15, 0.2) is 59.8 Å². The van der Waals surface area contributed by atoms with Crippen molar-refractivity contribution in [2.45, 2.75) is 75.3 Å². The lowest BCUT2D eigenvalue weighted by Gasteiger charge is -2.32. The second-order valence-corrected chi connectivity index (χ2v) is 12.7. The fourth-order valence-corrected chi connectivity index (χ4v) is 7.29. The predicted octanol–water partition coefficient (Wildman–Crippen LogP) is 3.57. The van der Waals surface area contributed by atoms with Crippen molar-refractivity contribution in [1.82, 2.24) is 19.8 Å². The first-order chi connectivity index (χ1) is 18.8. The highest BCUT2D eigenvalue weighted by atomic mass is 32.2. The van der Waals surface area contributed by atoms with Gasteiger partial charge >= 0.3 is 0 Å². The molecule has 1 aliphatic carbocycles. The molecular formula is C30H38N4O4S. The molecule has 1 unspecified atom stereocenters. The summed E-state index contributed by atoms with van der Waals surface area (Å²) in [5.74, 6) is -0.868. The summed E-state index contributed by atoms with van der Waals surface area (Å²) in [7, 11) is -4.00. The van der Waals surface area contributed by atoms with Crippen LogP contribution in [0.5, 0.6) is 0 Å². The van der Waals surface area contributed by atoms with Crippen LogP contribution in [0.2, 0.25) is 0 Å². The standard InChI is InChI=1S/C30H38N4O4S/c1-22-8-11-25(12-9-22)39(37,38)34-19-15-31-30(36)28(34)21-29(35)32-27-7-5-6-24-20-23(10-13-26(24)27)14-18-33-16-3-2-4-17-33/h8-13,15,19-20,27-28H,2-7,14,16-18,21H2,1H3,(H,31,36)(H,32,35)/t27-,28?/m1/s1. The van der Waals surface area contributed by atoms with E-state index in [-0.39, 0.29) is 23.3 Å². The van der Waals surface area contributed by atoms with E-state index in [1.165, 1.54) is 68.0 Å². The lowest BCUT2D eigenvalue weighted by atomic mass is 9.86. The van der Waals surface area contributed by atoms with Gasteiger partial charge in [0.25, 0.3) is 10.0 Å². The van der Waals surface area contributed by atoms with Gasteiger partial charge in [-0.1, -0.05) is 42.3 Å². The molecule has 1 fully saturated rings. The van der Waals surface area contributed by atoms with Gasteiger partial charge in [-0.2, -0.15) is 0 Å². The first-order valence-corrected chi connectivity index (χ1v) is 15.5. The summed E-state index contributed by atoms with van der Waals surface area (Å²) in [5, 5.41) is 5.64. The van der Waals surface area contributed by atoms with Gasteiger partial charge in [0, 0.05) is 18.9 Å². The van der Waals surface area contributed by atoms with Crippen molar-refractivity contribution >= 4 is 21.8 Å². The first kappa shape index (κ1) is 27.4. The third-order valence-corrected chi connectivity index (χ3v) is 9.85. The number of likely N-dealkylation sites (tertiary alicyclic amines) is 1. The molecular weight excluding hydrogens is 512 g/mol. The number of hydrogen-bond donors (Lipinski definition) is 2. The molecule has 0 radical (unpaired) electrons. The SMILES string of the molecule is Cc1ccc(S(=O)(=O)N2C=CNC(=O)C2CC(=O)N[C@@H]2CCCc3cc(CCN4CCCCC4)ccc32)cc1. The lowest BCUT2D eigenvalue weighted by Crippen LogP contribution is -2.51. The number of carbonyl (C=O) groups excluding carboxylic acids is 2. The van der Waals surface area contributed by atoms with Crippen LogP contribution in [-0.4, -0.2) is 55.1 Å². The third kappa shape index (κ3) is 6.36. The van der Waals surface area contributed by atoms with Gasteiger partial charge in [0.05, 0.1) is 17.4 Å². The molecule has 208 valence electrons. The highest BCUT2D eigenvalue weighted by molar-refractivity contribution is 7.89. The number of aryl methyl sites for hydroxylation is 2. The van der Waals surface area contributed by atoms with E-state index < -0.39 is 22.0 Å². The Bertz CT molecular complexity index is 1330. The molecule has 1 saturated heterocycles. The number of amides is 2. The molecule has 2 heterocycles. The van der Waals surface area contributed by atoms with E-state index in [0.717, 1.165) is 47.7 Å². The van der Waals surface area contributed by atoms with Crippen molar-refractivity contribution in [3.8, 4) is 0 Å². The second-order valence-electron chi connectivity index (χ2n) is 10.9. The van der Waals surface area contributed by atoms with Crippen molar-refractivity contribution in [2.24, 2.45) is 0 Å². The monoisotopic (exact) mass is 550 g/mol. The Kier molecular flexibility index (Phi) is 8.37. The number of fused-ring (bicyclic) bond motifs is 1. The Hall–Kier alpha value is -3.17. The molecule has 2 aromatic carbocycles. The molecule has 3 aliphatic rings. The summed E-state index contributed by atoms with van der Waals surface area (Å²) in [5.41, 5.74) is 4.64. The molecule has 0 spiro atoms. The summed E-state index contributed by atoms with van der Waals surface area (Å²) in [6.45, 7) is 5.34. The zero-order chi connectivity index (χ0) is 27.4. The van der Waals surface area contributed by atoms with Crippen molar-refractivity contribution in [2.75, 3.05) is 19.6 Å². The van der Waals surface area contributed by atoms with Crippen LogP contribution >= 0.6 is 0 Å². The lowest BCUT2D eigenvalue weighted by molar-refractivity contribution is -0.129. The Morgan fingerprint density at radius 2 is 1.82 bits per heavy atom. The molecule has 0 aromatic heterocycles. The number of rotatable bonds is 8. The summed E-state index contributed by atoms with van der Waals surface area (Å²) in [6, 6.07) is 11.7. The zero-order valence-electron chi connectivity index (χ0n) is 22.6. The Balaban J connectivity index is 1.25. The van der Waals surface area contributed by atoms with Gasteiger partial charge in [-0.3, -0.25) is 13.9 Å². The maximum absolute atomic E-state index is 13.3. The average molecular weight is 551 g/mol. The summed E-state index contributed by atoms with van der Waals surface area (Å²) >= 11 is 0. The summed E-state index contributed by atoms with van der Waals surface area (Å²) in [6.07, 6.45) is 10.1. The van der Waals surface area contributed by atoms with E-state index in [0.29, 0.717) is 0 Å². The smallest absolute Gasteiger partial charge is 0.264 e. The fourth-order valence-electron chi connectivity index (χ4n) is 5.84. The minimum Gasteiger partial charge on any atom is -0.349 e. The molecule has 2 N–H and O–H groups in total. The van der Waals surface area contributed by atoms with Crippen LogP contribution in [0.1, 0.15) is 66.8 Å². The molecule has 2 atom stereocenters. The molecule has 8 nitrogen and oxygen atoms in total. The van der Waals surface area contributed by atoms with Gasteiger partial charge in [0.15, 0.2) is 0 Å². The average Bonchev–Trinajstić information content (AvgIpc) is 2.94. The van der Waals surface area contributed by atoms with Crippen molar-refractivity contribution in [3.05, 3.63) is 77.1 Å². The van der Waals surface area contributed by atoms with E-state index in [9.17, 15) is 18.0 Å². The highest BCUT2D eigenvalue weighted by Gasteiger charge is 2.37. The number of benzene rings is 2. The number of nitrogens with zero attached hydrogens (tertiary/aromatic N) is 2. The molecule has 0 bridgehead atoms. The van der Waals surface area contributed by atoms with Crippen LogP contribution in [0, 0.1) is 6.92 Å². The van der Waals surface area contributed by atoms with E-state index in [1.54, 1.807) is 12.1 Å². The number of sulfonamides is 1. The number of piperidine rings is 1. The minimum absolute atomic E-state index is 0.0788. The van der Waals surface area contributed by atoms with Gasteiger partial charge in [0.1, 0.15) is 6.04 Å². The Morgan fingerprint density at radius 1 is 1.05 bits per heavy atom. The topological polar surface area (TPSA) is 98.8 Å². The molecule has 0 saturated carbocycles. The van der Waals surface area contributed by atoms with E-state index >= 15 is 0 Å². The van der Waals surface area contributed by atoms with Crippen LogP contribution in [-0.2, 0) is 32.5 Å². The second kappa shape index (κ2) is 11.9. The normalized spacial score (nSPS) is 21.8. The molecule has 2 amide bonds. The van der Waals surface area contributed by atoms with Crippen molar-refractivity contribution < 1.29 is 18.0 Å². The van der Waals surface area contributed by atoms with Crippen LogP contribution in [0.4, 0.5) is 0 Å². The maximum atomic E-state index is 13.3. The molecule has 5 rings (SSSR count). The zero-order valence-corrected chi connectivity index (χ0v) is 23.4. The van der Waals surface area contributed by atoms with Crippen molar-refractivity contribution in [3.63, 3.8) is 0 Å². The first-order valence-electron chi connectivity index (χ1n) is 14.0. The van der Waals surface area contributed by atoms with Gasteiger partial charge in [0.2, 0.25) is 11.8 Å². The number of nitrogens with one attached hydrogen (secondary N) is 2. The van der Waals surface area contributed by atoms with Gasteiger partial charge in [-0.25, -0.2) is 8.42 Å². The fraction of sp³-hybridized carbons (Fsp3) is 0.467. The third-order valence-electron chi connectivity index (χ3n) is 8.05. The Morgan fingerprint density at radius 3 is 2.59 bits per heavy atom. The highest BCUT2D eigenvalue weighted by Crippen LogP contribution is 2.31. The maximum Gasteiger partial charge on any atom is 0.264 e. The van der Waals surface area contributed by atoms with Gasteiger partial charge in [-0.05, 0) is 87.4 Å². The van der Waals surface area contributed by atoms with Crippen molar-refractivity contribution in [1.29, 1.82) is 0 Å². The van der Waals surface area contributed by atoms with E-state index in [4.69, 9.17) is 0 Å². The molecule has 39 heavy (non-hydrogen) atoms. The molecule has 9 heteroatoms. The largest absolute Gasteiger partial charge is 0.349 e. The quantitative estimate of drug-likeness (QED) is 0.524. The number of hydrogen-bond acceptors (Lipinski definition) is 5. The van der Waals surface area contributed by atoms with Crippen LogP contribution in [0.25, 0.3) is 0 Å². The predicted molar refractivity (Wildman–Crippen MR) is 150 cm³/mol. The van der Waals surface area contributed by atoms with E-state index in [2.05, 4.69) is 33.7 Å². The van der Waals surface area contributed by atoms with E-state index in [1.807, 2.05) is 6.92 Å². The summed E-state index contributed by atoms with van der Waals surface area (Å²) in [4.78, 5) is 28.5. The van der Waals surface area contributed by atoms with Gasteiger partial charge in [-0.15, -0.1) is 0 Å². The van der Waals surface area contributed by atoms with Crippen LogP contribution < -0.4 is 10.6 Å². The number of carbonyl (C=O) groups is 2. The molecule has 2 aliphatic heterocycles.